The van der Waals surface area contributed by atoms with Gasteiger partial charge in [-0.3, -0.25) is 14.5 Å². The Morgan fingerprint density at radius 1 is 0.879 bits per heavy atom. The number of halogens is 3. The highest BCUT2D eigenvalue weighted by atomic mass is 35.5. The summed E-state index contributed by atoms with van der Waals surface area (Å²) in [7, 11) is 0. The first-order valence-corrected chi connectivity index (χ1v) is 12.0. The van der Waals surface area contributed by atoms with Crippen LogP contribution in [-0.4, -0.2) is 22.6 Å². The molecule has 0 radical (unpaired) electrons. The van der Waals surface area contributed by atoms with E-state index in [1.165, 1.54) is 4.90 Å². The summed E-state index contributed by atoms with van der Waals surface area (Å²) < 4.78 is 5.79. The standard InChI is InChI=1S/C25H18Cl3NO3S/c26-19-8-6-17(7-9-19)15-32-23-20(27)12-18(13-21(23)28)14-22-24(30)29(25(31)33-22)11-10-16-4-2-1-3-5-16/h1-9,12-14H,10-11,15H2/b22-14-. The highest BCUT2D eigenvalue weighted by Gasteiger charge is 2.34. The molecule has 3 aromatic carbocycles. The fraction of sp³-hybridized carbons (Fsp3) is 0.120. The third-order valence-electron chi connectivity index (χ3n) is 4.96. The van der Waals surface area contributed by atoms with Crippen LogP contribution in [0.4, 0.5) is 4.79 Å². The largest absolute Gasteiger partial charge is 0.486 e. The molecular weight excluding hydrogens is 501 g/mol. The van der Waals surface area contributed by atoms with E-state index in [0.717, 1.165) is 22.9 Å². The fourth-order valence-electron chi connectivity index (χ4n) is 3.27. The molecule has 0 unspecified atom stereocenters. The second kappa shape index (κ2) is 10.7. The maximum atomic E-state index is 12.8. The maximum Gasteiger partial charge on any atom is 0.293 e. The Kier molecular flexibility index (Phi) is 7.66. The number of nitrogens with zero attached hydrogens (tertiary/aromatic N) is 1. The van der Waals surface area contributed by atoms with Crippen LogP contribution < -0.4 is 4.74 Å². The van der Waals surface area contributed by atoms with Crippen LogP contribution in [0.5, 0.6) is 5.75 Å². The normalized spacial score (nSPS) is 14.9. The Labute approximate surface area is 211 Å². The van der Waals surface area contributed by atoms with Crippen molar-refractivity contribution in [3.8, 4) is 5.75 Å². The molecule has 1 fully saturated rings. The van der Waals surface area contributed by atoms with E-state index in [4.69, 9.17) is 39.5 Å². The number of amides is 2. The first-order valence-electron chi connectivity index (χ1n) is 10.1. The van der Waals surface area contributed by atoms with Gasteiger partial charge in [-0.1, -0.05) is 77.3 Å². The second-order valence-corrected chi connectivity index (χ2v) is 9.54. The first-order chi connectivity index (χ1) is 15.9. The number of benzene rings is 3. The number of hydrogen-bond donors (Lipinski definition) is 0. The van der Waals surface area contributed by atoms with E-state index < -0.39 is 0 Å². The van der Waals surface area contributed by atoms with Crippen molar-refractivity contribution in [2.45, 2.75) is 13.0 Å². The van der Waals surface area contributed by atoms with E-state index in [2.05, 4.69) is 0 Å². The van der Waals surface area contributed by atoms with Crippen molar-refractivity contribution in [2.75, 3.05) is 6.54 Å². The number of carbonyl (C=O) groups is 2. The van der Waals surface area contributed by atoms with Gasteiger partial charge in [0.05, 0.1) is 15.0 Å². The lowest BCUT2D eigenvalue weighted by Gasteiger charge is -2.12. The van der Waals surface area contributed by atoms with Gasteiger partial charge in [0.25, 0.3) is 11.1 Å². The topological polar surface area (TPSA) is 46.6 Å². The van der Waals surface area contributed by atoms with Crippen LogP contribution in [0.2, 0.25) is 15.1 Å². The fourth-order valence-corrected chi connectivity index (χ4v) is 4.87. The summed E-state index contributed by atoms with van der Waals surface area (Å²) >= 11 is 19.6. The van der Waals surface area contributed by atoms with Crippen LogP contribution in [0.1, 0.15) is 16.7 Å². The lowest BCUT2D eigenvalue weighted by Crippen LogP contribution is -2.30. The van der Waals surface area contributed by atoms with Crippen molar-refractivity contribution in [1.29, 1.82) is 0 Å². The molecule has 3 aromatic rings. The SMILES string of the molecule is O=C1S/C(=C\c2cc(Cl)c(OCc3ccc(Cl)cc3)c(Cl)c2)C(=O)N1CCc1ccccc1. The lowest BCUT2D eigenvalue weighted by molar-refractivity contribution is -0.122. The van der Waals surface area contributed by atoms with Crippen LogP contribution in [0.25, 0.3) is 6.08 Å². The van der Waals surface area contributed by atoms with Crippen LogP contribution in [0.3, 0.4) is 0 Å². The minimum Gasteiger partial charge on any atom is -0.486 e. The van der Waals surface area contributed by atoms with Crippen molar-refractivity contribution >= 4 is 63.8 Å². The molecule has 0 N–H and O–H groups in total. The zero-order valence-electron chi connectivity index (χ0n) is 17.3. The van der Waals surface area contributed by atoms with Crippen molar-refractivity contribution in [2.24, 2.45) is 0 Å². The van der Waals surface area contributed by atoms with Crippen LogP contribution in [-0.2, 0) is 17.8 Å². The zero-order chi connectivity index (χ0) is 23.4. The Bertz CT molecular complexity index is 1190. The molecule has 1 aliphatic rings. The quantitative estimate of drug-likeness (QED) is 0.304. The average molecular weight is 519 g/mol. The number of hydrogen-bond acceptors (Lipinski definition) is 4. The highest BCUT2D eigenvalue weighted by molar-refractivity contribution is 8.18. The molecule has 168 valence electrons. The van der Waals surface area contributed by atoms with Crippen LogP contribution >= 0.6 is 46.6 Å². The Balaban J connectivity index is 1.45. The van der Waals surface area contributed by atoms with Gasteiger partial charge in [0.2, 0.25) is 0 Å². The summed E-state index contributed by atoms with van der Waals surface area (Å²) in [5.74, 6) is 0.0256. The molecule has 4 nitrogen and oxygen atoms in total. The molecule has 1 aliphatic heterocycles. The summed E-state index contributed by atoms with van der Waals surface area (Å²) in [5.41, 5.74) is 2.59. The van der Waals surface area contributed by atoms with E-state index in [-0.39, 0.29) is 17.8 Å². The van der Waals surface area contributed by atoms with Crippen LogP contribution in [0, 0.1) is 0 Å². The molecular formula is C25H18Cl3NO3S. The number of thioether (sulfide) groups is 1. The average Bonchev–Trinajstić information content (AvgIpc) is 3.06. The van der Waals surface area contributed by atoms with E-state index in [9.17, 15) is 9.59 Å². The van der Waals surface area contributed by atoms with E-state index in [1.54, 1.807) is 30.3 Å². The summed E-state index contributed by atoms with van der Waals surface area (Å²) in [4.78, 5) is 26.7. The van der Waals surface area contributed by atoms with Crippen molar-refractivity contribution in [3.63, 3.8) is 0 Å². The predicted molar refractivity (Wildman–Crippen MR) is 135 cm³/mol. The Morgan fingerprint density at radius 2 is 1.55 bits per heavy atom. The Morgan fingerprint density at radius 3 is 2.21 bits per heavy atom. The highest BCUT2D eigenvalue weighted by Crippen LogP contribution is 2.38. The summed E-state index contributed by atoms with van der Waals surface area (Å²) in [5, 5.41) is 0.975. The third kappa shape index (κ3) is 5.92. The minimum atomic E-state index is -0.323. The van der Waals surface area contributed by atoms with E-state index in [0.29, 0.717) is 44.3 Å². The monoisotopic (exact) mass is 517 g/mol. The van der Waals surface area contributed by atoms with Gasteiger partial charge in [-0.15, -0.1) is 0 Å². The van der Waals surface area contributed by atoms with Crippen molar-refractivity contribution in [1.82, 2.24) is 4.90 Å². The van der Waals surface area contributed by atoms with Crippen molar-refractivity contribution < 1.29 is 14.3 Å². The summed E-state index contributed by atoms with van der Waals surface area (Å²) in [6.45, 7) is 0.598. The van der Waals surface area contributed by atoms with Gasteiger partial charge < -0.3 is 4.74 Å². The molecule has 0 saturated carbocycles. The molecule has 0 atom stereocenters. The van der Waals surface area contributed by atoms with Crippen LogP contribution in [0.15, 0.2) is 71.6 Å². The molecule has 0 bridgehead atoms. The Hall–Kier alpha value is -2.44. The molecule has 2 amide bonds. The van der Waals surface area contributed by atoms with E-state index in [1.807, 2.05) is 42.5 Å². The number of rotatable bonds is 7. The van der Waals surface area contributed by atoms with Crippen molar-refractivity contribution in [3.05, 3.63) is 103 Å². The molecule has 1 heterocycles. The number of ether oxygens (including phenoxy) is 1. The molecule has 0 aromatic heterocycles. The molecule has 33 heavy (non-hydrogen) atoms. The molecule has 0 spiro atoms. The lowest BCUT2D eigenvalue weighted by atomic mass is 10.1. The van der Waals surface area contributed by atoms with Gasteiger partial charge in [0.1, 0.15) is 6.61 Å². The predicted octanol–water partition coefficient (Wildman–Crippen LogP) is 7.50. The van der Waals surface area contributed by atoms with E-state index >= 15 is 0 Å². The summed E-state index contributed by atoms with van der Waals surface area (Å²) in [6, 6.07) is 20.3. The molecule has 1 saturated heterocycles. The number of imide groups is 1. The summed E-state index contributed by atoms with van der Waals surface area (Å²) in [6.07, 6.45) is 2.22. The maximum absolute atomic E-state index is 12.8. The second-order valence-electron chi connectivity index (χ2n) is 7.30. The first kappa shape index (κ1) is 23.7. The molecule has 4 rings (SSSR count). The van der Waals surface area contributed by atoms with Gasteiger partial charge in [0, 0.05) is 11.6 Å². The zero-order valence-corrected chi connectivity index (χ0v) is 20.3. The third-order valence-corrected chi connectivity index (χ3v) is 6.68. The van der Waals surface area contributed by atoms with Gasteiger partial charge in [-0.2, -0.15) is 0 Å². The minimum absolute atomic E-state index is 0.274. The molecule has 0 aliphatic carbocycles. The van der Waals surface area contributed by atoms with Gasteiger partial charge in [-0.05, 0) is 65.2 Å². The van der Waals surface area contributed by atoms with Gasteiger partial charge >= 0.3 is 0 Å². The number of carbonyl (C=O) groups excluding carboxylic acids is 2. The van der Waals surface area contributed by atoms with Gasteiger partial charge in [0.15, 0.2) is 5.75 Å². The smallest absolute Gasteiger partial charge is 0.293 e. The van der Waals surface area contributed by atoms with Gasteiger partial charge in [-0.25, -0.2) is 0 Å². The molecule has 8 heteroatoms.